The summed E-state index contributed by atoms with van der Waals surface area (Å²) in [6.45, 7) is 0. The quantitative estimate of drug-likeness (QED) is 0.786. The van der Waals surface area contributed by atoms with Crippen LogP contribution in [0, 0.1) is 0 Å². The minimum absolute atomic E-state index is 0.104. The van der Waals surface area contributed by atoms with Crippen molar-refractivity contribution in [3.63, 3.8) is 0 Å². The lowest BCUT2D eigenvalue weighted by molar-refractivity contribution is 0.654. The van der Waals surface area contributed by atoms with Crippen molar-refractivity contribution in [1.29, 1.82) is 0 Å². The molecular weight excluding hydrogens is 190 g/mol. The summed E-state index contributed by atoms with van der Waals surface area (Å²) in [6.07, 6.45) is 9.34. The van der Waals surface area contributed by atoms with Gasteiger partial charge in [0.05, 0.1) is 0 Å². The van der Waals surface area contributed by atoms with E-state index in [0.717, 1.165) is 11.4 Å². The molecule has 2 heterocycles. The number of imidazole rings is 1. The molecule has 0 amide bonds. The van der Waals surface area contributed by atoms with E-state index in [1.807, 2.05) is 17.8 Å². The zero-order chi connectivity index (χ0) is 10.7. The molecule has 0 fully saturated rings. The first kappa shape index (κ1) is 9.79. The van der Waals surface area contributed by atoms with E-state index in [0.29, 0.717) is 6.42 Å². The maximum absolute atomic E-state index is 6.02. The average Bonchev–Trinajstić information content (AvgIpc) is 2.66. The summed E-state index contributed by atoms with van der Waals surface area (Å²) in [7, 11) is 1.95. The molecule has 0 aliphatic carbocycles. The number of aromatic nitrogens is 4. The molecule has 5 nitrogen and oxygen atoms in total. The van der Waals surface area contributed by atoms with E-state index in [4.69, 9.17) is 5.73 Å². The van der Waals surface area contributed by atoms with Gasteiger partial charge in [0.1, 0.15) is 12.2 Å². The van der Waals surface area contributed by atoms with E-state index in [2.05, 4.69) is 15.0 Å². The number of nitrogens with two attached hydrogens (primary N) is 1. The van der Waals surface area contributed by atoms with Crippen LogP contribution in [-0.2, 0) is 13.5 Å². The van der Waals surface area contributed by atoms with Gasteiger partial charge < -0.3 is 10.3 Å². The SMILES string of the molecule is Cn1ccnc1CC(N)c1cncnc1. The van der Waals surface area contributed by atoms with E-state index < -0.39 is 0 Å². The zero-order valence-corrected chi connectivity index (χ0v) is 8.54. The van der Waals surface area contributed by atoms with Crippen LogP contribution in [0.15, 0.2) is 31.1 Å². The Morgan fingerprint density at radius 1 is 1.40 bits per heavy atom. The van der Waals surface area contributed by atoms with Gasteiger partial charge in [-0.15, -0.1) is 0 Å². The first-order valence-electron chi connectivity index (χ1n) is 4.74. The van der Waals surface area contributed by atoms with Crippen molar-refractivity contribution in [2.24, 2.45) is 12.8 Å². The molecule has 5 heteroatoms. The molecule has 0 saturated carbocycles. The lowest BCUT2D eigenvalue weighted by Crippen LogP contribution is -2.16. The van der Waals surface area contributed by atoms with Crippen LogP contribution < -0.4 is 5.73 Å². The fourth-order valence-corrected chi connectivity index (χ4v) is 1.41. The van der Waals surface area contributed by atoms with Crippen LogP contribution in [0.5, 0.6) is 0 Å². The van der Waals surface area contributed by atoms with Gasteiger partial charge in [-0.2, -0.15) is 0 Å². The molecule has 0 spiro atoms. The minimum atomic E-state index is -0.104. The first-order chi connectivity index (χ1) is 7.27. The van der Waals surface area contributed by atoms with Gasteiger partial charge in [-0.1, -0.05) is 0 Å². The molecule has 0 radical (unpaired) electrons. The molecule has 0 aliphatic rings. The third kappa shape index (κ3) is 2.19. The summed E-state index contributed by atoms with van der Waals surface area (Å²) in [5.74, 6) is 0.964. The van der Waals surface area contributed by atoms with Crippen LogP contribution in [0.4, 0.5) is 0 Å². The Morgan fingerprint density at radius 2 is 2.13 bits per heavy atom. The molecule has 2 N–H and O–H groups in total. The predicted molar refractivity (Wildman–Crippen MR) is 55.9 cm³/mol. The summed E-state index contributed by atoms with van der Waals surface area (Å²) < 4.78 is 1.96. The molecule has 15 heavy (non-hydrogen) atoms. The van der Waals surface area contributed by atoms with Crippen molar-refractivity contribution in [3.05, 3.63) is 42.5 Å². The van der Waals surface area contributed by atoms with Gasteiger partial charge in [-0.05, 0) is 0 Å². The monoisotopic (exact) mass is 203 g/mol. The summed E-state index contributed by atoms with van der Waals surface area (Å²) in [5, 5.41) is 0. The van der Waals surface area contributed by atoms with Crippen molar-refractivity contribution in [3.8, 4) is 0 Å². The summed E-state index contributed by atoms with van der Waals surface area (Å²) in [6, 6.07) is -0.104. The highest BCUT2D eigenvalue weighted by Crippen LogP contribution is 2.12. The fourth-order valence-electron chi connectivity index (χ4n) is 1.41. The Labute approximate surface area is 88.0 Å². The standard InChI is InChI=1S/C10H13N5/c1-15-3-2-14-10(15)4-9(11)8-5-12-7-13-6-8/h2-3,5-7,9H,4,11H2,1H3. The topological polar surface area (TPSA) is 69.6 Å². The van der Waals surface area contributed by atoms with Crippen molar-refractivity contribution in [1.82, 2.24) is 19.5 Å². The molecule has 0 aliphatic heterocycles. The molecule has 1 unspecified atom stereocenters. The van der Waals surface area contributed by atoms with E-state index in [1.165, 1.54) is 6.33 Å². The van der Waals surface area contributed by atoms with Gasteiger partial charge in [0.2, 0.25) is 0 Å². The summed E-state index contributed by atoms with van der Waals surface area (Å²) >= 11 is 0. The van der Waals surface area contributed by atoms with Crippen molar-refractivity contribution in [2.45, 2.75) is 12.5 Å². The Morgan fingerprint density at radius 3 is 2.73 bits per heavy atom. The van der Waals surface area contributed by atoms with Gasteiger partial charge in [0, 0.05) is 49.9 Å². The van der Waals surface area contributed by atoms with Crippen molar-refractivity contribution >= 4 is 0 Å². The highest BCUT2D eigenvalue weighted by Gasteiger charge is 2.10. The molecule has 1 atom stereocenters. The van der Waals surface area contributed by atoms with E-state index in [-0.39, 0.29) is 6.04 Å². The lowest BCUT2D eigenvalue weighted by Gasteiger charge is -2.10. The van der Waals surface area contributed by atoms with Crippen LogP contribution in [0.3, 0.4) is 0 Å². The highest BCUT2D eigenvalue weighted by molar-refractivity contribution is 5.11. The molecule has 0 saturated heterocycles. The van der Waals surface area contributed by atoms with Gasteiger partial charge in [-0.25, -0.2) is 15.0 Å². The number of hydrogen-bond donors (Lipinski definition) is 1. The molecule has 78 valence electrons. The Bertz CT molecular complexity index is 422. The Hall–Kier alpha value is -1.75. The van der Waals surface area contributed by atoms with Crippen molar-refractivity contribution in [2.75, 3.05) is 0 Å². The molecule has 0 aromatic carbocycles. The lowest BCUT2D eigenvalue weighted by atomic mass is 10.1. The number of aryl methyl sites for hydroxylation is 1. The van der Waals surface area contributed by atoms with Crippen LogP contribution in [-0.4, -0.2) is 19.5 Å². The fraction of sp³-hybridized carbons (Fsp3) is 0.300. The second-order valence-electron chi connectivity index (χ2n) is 3.44. The number of rotatable bonds is 3. The minimum Gasteiger partial charge on any atom is -0.338 e. The highest BCUT2D eigenvalue weighted by atomic mass is 15.0. The normalized spacial score (nSPS) is 12.7. The third-order valence-electron chi connectivity index (χ3n) is 2.33. The second-order valence-corrected chi connectivity index (χ2v) is 3.44. The molecule has 0 bridgehead atoms. The van der Waals surface area contributed by atoms with Crippen LogP contribution in [0.25, 0.3) is 0 Å². The maximum Gasteiger partial charge on any atom is 0.115 e. The summed E-state index contributed by atoms with van der Waals surface area (Å²) in [4.78, 5) is 12.1. The predicted octanol–water partition coefficient (Wildman–Crippen LogP) is 0.453. The van der Waals surface area contributed by atoms with Crippen LogP contribution in [0.1, 0.15) is 17.4 Å². The van der Waals surface area contributed by atoms with E-state index in [1.54, 1.807) is 18.6 Å². The Balaban J connectivity index is 2.11. The van der Waals surface area contributed by atoms with Gasteiger partial charge in [-0.3, -0.25) is 0 Å². The molecule has 2 aromatic rings. The van der Waals surface area contributed by atoms with E-state index in [9.17, 15) is 0 Å². The van der Waals surface area contributed by atoms with Gasteiger partial charge in [0.15, 0.2) is 0 Å². The maximum atomic E-state index is 6.02. The largest absolute Gasteiger partial charge is 0.338 e. The van der Waals surface area contributed by atoms with Gasteiger partial charge in [0.25, 0.3) is 0 Å². The third-order valence-corrected chi connectivity index (χ3v) is 2.33. The summed E-state index contributed by atoms with van der Waals surface area (Å²) in [5.41, 5.74) is 6.95. The number of nitrogens with zero attached hydrogens (tertiary/aromatic N) is 4. The van der Waals surface area contributed by atoms with Crippen molar-refractivity contribution < 1.29 is 0 Å². The van der Waals surface area contributed by atoms with Gasteiger partial charge >= 0.3 is 0 Å². The molecule has 2 rings (SSSR count). The molecular formula is C10H13N5. The number of hydrogen-bond acceptors (Lipinski definition) is 4. The average molecular weight is 203 g/mol. The first-order valence-corrected chi connectivity index (χ1v) is 4.74. The van der Waals surface area contributed by atoms with E-state index >= 15 is 0 Å². The second kappa shape index (κ2) is 4.18. The van der Waals surface area contributed by atoms with Crippen LogP contribution >= 0.6 is 0 Å². The van der Waals surface area contributed by atoms with Crippen LogP contribution in [0.2, 0.25) is 0 Å². The Kier molecular flexibility index (Phi) is 2.73. The molecule has 2 aromatic heterocycles. The zero-order valence-electron chi connectivity index (χ0n) is 8.54. The smallest absolute Gasteiger partial charge is 0.115 e.